The van der Waals surface area contributed by atoms with E-state index in [0.717, 1.165) is 19.5 Å². The predicted octanol–water partition coefficient (Wildman–Crippen LogP) is 2.02. The molecule has 0 aliphatic heterocycles. The van der Waals surface area contributed by atoms with Gasteiger partial charge >= 0.3 is 0 Å². The fraction of sp³-hybridized carbons (Fsp3) is 0.692. The molecule has 1 aromatic heterocycles. The maximum atomic E-state index is 6.27. The predicted molar refractivity (Wildman–Crippen MR) is 76.5 cm³/mol. The molecular formula is C13H25N3S. The summed E-state index contributed by atoms with van der Waals surface area (Å²) in [5.74, 6) is 0. The molecule has 0 aromatic carbocycles. The molecule has 0 fully saturated rings. The summed E-state index contributed by atoms with van der Waals surface area (Å²) in [5, 5.41) is 2.13. The van der Waals surface area contributed by atoms with Gasteiger partial charge in [-0.25, -0.2) is 0 Å². The third kappa shape index (κ3) is 4.39. The van der Waals surface area contributed by atoms with Crippen molar-refractivity contribution in [3.63, 3.8) is 0 Å². The Morgan fingerprint density at radius 2 is 2.00 bits per heavy atom. The molecule has 4 heteroatoms. The van der Waals surface area contributed by atoms with Crippen molar-refractivity contribution >= 4 is 11.3 Å². The molecule has 0 spiro atoms. The van der Waals surface area contributed by atoms with E-state index in [1.807, 2.05) is 0 Å². The van der Waals surface area contributed by atoms with E-state index in [0.29, 0.717) is 6.04 Å². The van der Waals surface area contributed by atoms with Gasteiger partial charge in [-0.2, -0.15) is 0 Å². The Bertz CT molecular complexity index is 298. The molecule has 3 nitrogen and oxygen atoms in total. The van der Waals surface area contributed by atoms with Gasteiger partial charge in [0.1, 0.15) is 0 Å². The second-order valence-electron chi connectivity index (χ2n) is 4.82. The van der Waals surface area contributed by atoms with Gasteiger partial charge in [0, 0.05) is 24.0 Å². The van der Waals surface area contributed by atoms with Crippen LogP contribution >= 0.6 is 11.3 Å². The molecule has 0 saturated carbocycles. The fourth-order valence-electron chi connectivity index (χ4n) is 1.93. The molecule has 0 radical (unpaired) electrons. The van der Waals surface area contributed by atoms with Gasteiger partial charge in [0.15, 0.2) is 0 Å². The zero-order valence-corrected chi connectivity index (χ0v) is 12.2. The van der Waals surface area contributed by atoms with Gasteiger partial charge in [-0.05, 0) is 39.0 Å². The van der Waals surface area contributed by atoms with E-state index in [1.54, 1.807) is 11.3 Å². The van der Waals surface area contributed by atoms with Gasteiger partial charge < -0.3 is 10.6 Å². The summed E-state index contributed by atoms with van der Waals surface area (Å²) in [4.78, 5) is 5.96. The van der Waals surface area contributed by atoms with Gasteiger partial charge in [-0.3, -0.25) is 4.90 Å². The summed E-state index contributed by atoms with van der Waals surface area (Å²) in [6.07, 6.45) is 1.01. The molecule has 0 aliphatic rings. The summed E-state index contributed by atoms with van der Waals surface area (Å²) in [6, 6.07) is 4.85. The molecule has 0 bridgehead atoms. The summed E-state index contributed by atoms with van der Waals surface area (Å²) in [5.41, 5.74) is 6.27. The minimum atomic E-state index is 0.209. The summed E-state index contributed by atoms with van der Waals surface area (Å²) in [6.45, 7) is 4.27. The van der Waals surface area contributed by atoms with Gasteiger partial charge in [0.25, 0.3) is 0 Å². The number of nitrogens with zero attached hydrogens (tertiary/aromatic N) is 2. The molecule has 0 aliphatic carbocycles. The SMILES string of the molecule is CCC(N)C(c1cccs1)N(C)CCN(C)C. The van der Waals surface area contributed by atoms with Crippen molar-refractivity contribution in [2.75, 3.05) is 34.2 Å². The highest BCUT2D eigenvalue weighted by atomic mass is 32.1. The number of hydrogen-bond donors (Lipinski definition) is 1. The Labute approximate surface area is 109 Å². The molecule has 17 heavy (non-hydrogen) atoms. The van der Waals surface area contributed by atoms with Crippen molar-refractivity contribution in [3.8, 4) is 0 Å². The fourth-order valence-corrected chi connectivity index (χ4v) is 2.90. The van der Waals surface area contributed by atoms with Crippen LogP contribution in [0.25, 0.3) is 0 Å². The first-order valence-electron chi connectivity index (χ1n) is 6.20. The van der Waals surface area contributed by atoms with Crippen LogP contribution in [0.15, 0.2) is 17.5 Å². The Morgan fingerprint density at radius 3 is 2.47 bits per heavy atom. The molecule has 0 amide bonds. The molecular weight excluding hydrogens is 230 g/mol. The van der Waals surface area contributed by atoms with Gasteiger partial charge in [-0.1, -0.05) is 13.0 Å². The maximum Gasteiger partial charge on any atom is 0.0591 e. The second kappa shape index (κ2) is 7.11. The average Bonchev–Trinajstić information content (AvgIpc) is 2.79. The van der Waals surface area contributed by atoms with Crippen LogP contribution in [-0.2, 0) is 0 Å². The summed E-state index contributed by atoms with van der Waals surface area (Å²) < 4.78 is 0. The Morgan fingerprint density at radius 1 is 1.29 bits per heavy atom. The number of thiophene rings is 1. The van der Waals surface area contributed by atoms with Crippen LogP contribution in [0.3, 0.4) is 0 Å². The lowest BCUT2D eigenvalue weighted by Crippen LogP contribution is -2.41. The van der Waals surface area contributed by atoms with E-state index in [4.69, 9.17) is 5.73 Å². The lowest BCUT2D eigenvalue weighted by atomic mass is 10.0. The number of hydrogen-bond acceptors (Lipinski definition) is 4. The van der Waals surface area contributed by atoms with E-state index in [1.165, 1.54) is 4.88 Å². The van der Waals surface area contributed by atoms with Gasteiger partial charge in [-0.15, -0.1) is 11.3 Å². The van der Waals surface area contributed by atoms with Gasteiger partial charge in [0.2, 0.25) is 0 Å². The topological polar surface area (TPSA) is 32.5 Å². The van der Waals surface area contributed by atoms with Gasteiger partial charge in [0.05, 0.1) is 6.04 Å². The van der Waals surface area contributed by atoms with E-state index < -0.39 is 0 Å². The van der Waals surface area contributed by atoms with Crippen LogP contribution < -0.4 is 5.73 Å². The lowest BCUT2D eigenvalue weighted by molar-refractivity contribution is 0.194. The molecule has 2 atom stereocenters. The first kappa shape index (κ1) is 14.6. The minimum Gasteiger partial charge on any atom is -0.326 e. The molecule has 2 N–H and O–H groups in total. The van der Waals surface area contributed by atoms with Crippen molar-refractivity contribution in [2.24, 2.45) is 5.73 Å². The zero-order valence-electron chi connectivity index (χ0n) is 11.4. The van der Waals surface area contributed by atoms with Crippen molar-refractivity contribution in [2.45, 2.75) is 25.4 Å². The second-order valence-corrected chi connectivity index (χ2v) is 5.80. The third-order valence-corrected chi connectivity index (χ3v) is 4.03. The van der Waals surface area contributed by atoms with Crippen LogP contribution in [0.1, 0.15) is 24.3 Å². The molecule has 1 heterocycles. The monoisotopic (exact) mass is 255 g/mol. The van der Waals surface area contributed by atoms with Crippen molar-refractivity contribution in [3.05, 3.63) is 22.4 Å². The highest BCUT2D eigenvalue weighted by Gasteiger charge is 2.23. The first-order valence-corrected chi connectivity index (χ1v) is 7.08. The Balaban J connectivity index is 2.69. The zero-order chi connectivity index (χ0) is 12.8. The maximum absolute atomic E-state index is 6.27. The average molecular weight is 255 g/mol. The van der Waals surface area contributed by atoms with Crippen LogP contribution in [0, 0.1) is 0 Å². The number of rotatable bonds is 7. The smallest absolute Gasteiger partial charge is 0.0591 e. The van der Waals surface area contributed by atoms with Crippen LogP contribution in [0.5, 0.6) is 0 Å². The van der Waals surface area contributed by atoms with E-state index in [9.17, 15) is 0 Å². The lowest BCUT2D eigenvalue weighted by Gasteiger charge is -2.32. The van der Waals surface area contributed by atoms with Crippen LogP contribution in [0.2, 0.25) is 0 Å². The van der Waals surface area contributed by atoms with E-state index >= 15 is 0 Å². The van der Waals surface area contributed by atoms with Crippen molar-refractivity contribution in [1.29, 1.82) is 0 Å². The molecule has 98 valence electrons. The Hall–Kier alpha value is -0.420. The summed E-state index contributed by atoms with van der Waals surface area (Å²) in [7, 11) is 6.38. The Kier molecular flexibility index (Phi) is 6.12. The van der Waals surface area contributed by atoms with Crippen LogP contribution in [0.4, 0.5) is 0 Å². The first-order chi connectivity index (χ1) is 8.06. The summed E-state index contributed by atoms with van der Waals surface area (Å²) >= 11 is 1.80. The molecule has 0 saturated heterocycles. The van der Waals surface area contributed by atoms with Crippen LogP contribution in [-0.4, -0.2) is 50.1 Å². The minimum absolute atomic E-state index is 0.209. The van der Waals surface area contributed by atoms with Crippen molar-refractivity contribution < 1.29 is 0 Å². The molecule has 2 unspecified atom stereocenters. The molecule has 1 aromatic rings. The largest absolute Gasteiger partial charge is 0.326 e. The standard InChI is InChI=1S/C13H25N3S/c1-5-11(14)13(12-7-6-10-17-12)16(4)9-8-15(2)3/h6-7,10-11,13H,5,8-9,14H2,1-4H3. The van der Waals surface area contributed by atoms with Crippen molar-refractivity contribution in [1.82, 2.24) is 9.80 Å². The van der Waals surface area contributed by atoms with E-state index in [-0.39, 0.29) is 6.04 Å². The molecule has 1 rings (SSSR count). The number of likely N-dealkylation sites (N-methyl/N-ethyl adjacent to an activating group) is 2. The highest BCUT2D eigenvalue weighted by Crippen LogP contribution is 2.27. The highest BCUT2D eigenvalue weighted by molar-refractivity contribution is 7.10. The number of nitrogens with two attached hydrogens (primary N) is 1. The third-order valence-electron chi connectivity index (χ3n) is 3.09. The quantitative estimate of drug-likeness (QED) is 0.809. The van der Waals surface area contributed by atoms with E-state index in [2.05, 4.69) is 55.4 Å². The normalized spacial score (nSPS) is 15.5.